The highest BCUT2D eigenvalue weighted by Gasteiger charge is 2.21. The number of carbonyl (C=O) groups is 10. The van der Waals surface area contributed by atoms with Crippen LogP contribution in [0.5, 0.6) is 0 Å². The molecule has 21 nitrogen and oxygen atoms in total. The van der Waals surface area contributed by atoms with Crippen LogP contribution in [0, 0.1) is 10.1 Å². The van der Waals surface area contributed by atoms with Gasteiger partial charge < -0.3 is 40.7 Å². The van der Waals surface area contributed by atoms with Gasteiger partial charge in [-0.1, -0.05) is 110 Å². The van der Waals surface area contributed by atoms with Gasteiger partial charge in [-0.25, -0.2) is 0 Å². The summed E-state index contributed by atoms with van der Waals surface area (Å²) in [6.45, 7) is 10.9. The number of benzene rings is 6. The zero-order chi connectivity index (χ0) is 65.6. The van der Waals surface area contributed by atoms with Crippen LogP contribution in [-0.2, 0) is 134 Å². The van der Waals surface area contributed by atoms with Gasteiger partial charge in [-0.05, 0) is 127 Å². The number of aryl methyl sites for hydroxylation is 1. The molecule has 470 valence electrons. The highest BCUT2D eigenvalue weighted by atomic mass is 16.6. The monoisotopic (exact) mass is 1220 g/mol. The number of amides is 3. The molecule has 6 aromatic carbocycles. The fourth-order valence-corrected chi connectivity index (χ4v) is 9.17. The Balaban J connectivity index is 0.000000229. The van der Waals surface area contributed by atoms with Crippen LogP contribution in [0.4, 0.5) is 22.7 Å². The molecule has 0 saturated heterocycles. The highest BCUT2D eigenvalue weighted by Crippen LogP contribution is 2.27. The Bertz CT molecular complexity index is 3400. The molecule has 6 aromatic rings. The van der Waals surface area contributed by atoms with Gasteiger partial charge in [-0.3, -0.25) is 58.1 Å². The highest BCUT2D eigenvalue weighted by molar-refractivity contribution is 6.00. The summed E-state index contributed by atoms with van der Waals surface area (Å²) in [4.78, 5) is 120. The zero-order valence-electron chi connectivity index (χ0n) is 50.9. The van der Waals surface area contributed by atoms with E-state index < -0.39 is 22.8 Å². The summed E-state index contributed by atoms with van der Waals surface area (Å²) in [6.07, 6.45) is 5.44. The maximum Gasteiger partial charge on any atom is 0.310 e. The SMILES string of the molecule is CC(=O)Cc1ccc2c(c1)NC(=O)C2.CCCc1ccc2c(c1)NC(=O)C2.CCOC(=O)Cc1ccc(CC(C)=O)cc1.CCOC(=O)Cc1ccc(CC(C)=O)cc1[N+](=O)[O-].O=C(O)Cc1ccc(CC(=O)O)cc1.O=C1Cc2ccc(CCO)cc2N1. The van der Waals surface area contributed by atoms with Crippen molar-refractivity contribution in [1.29, 1.82) is 0 Å². The molecule has 0 unspecified atom stereocenters. The molecule has 9 rings (SSSR count). The number of fused-ring (bicyclic) bond motifs is 3. The van der Waals surface area contributed by atoms with Gasteiger partial charge in [-0.2, -0.15) is 0 Å². The molecule has 0 atom stereocenters. The summed E-state index contributed by atoms with van der Waals surface area (Å²) in [7, 11) is 0. The average molecular weight is 1220 g/mol. The van der Waals surface area contributed by atoms with E-state index in [4.69, 9.17) is 24.8 Å². The number of hydrogen-bond acceptors (Lipinski definition) is 15. The number of aliphatic carboxylic acids is 2. The van der Waals surface area contributed by atoms with E-state index in [1.54, 1.807) is 58.0 Å². The third-order valence-electron chi connectivity index (χ3n) is 13.1. The minimum atomic E-state index is -0.893. The summed E-state index contributed by atoms with van der Waals surface area (Å²) in [5.74, 6) is -2.13. The van der Waals surface area contributed by atoms with Crippen molar-refractivity contribution in [3.63, 3.8) is 0 Å². The molecular weight excluding hydrogens is 1140 g/mol. The largest absolute Gasteiger partial charge is 0.481 e. The Labute approximate surface area is 516 Å². The number of Topliss-reactive ketones (excluding diaryl/α,β-unsaturated/α-hetero) is 3. The Morgan fingerprint density at radius 3 is 1.15 bits per heavy atom. The fourth-order valence-electron chi connectivity index (χ4n) is 9.17. The molecule has 0 saturated carbocycles. The van der Waals surface area contributed by atoms with E-state index in [-0.39, 0.29) is 97.6 Å². The van der Waals surface area contributed by atoms with Crippen molar-refractivity contribution in [2.45, 2.75) is 125 Å². The van der Waals surface area contributed by atoms with Gasteiger partial charge in [0, 0.05) is 54.6 Å². The van der Waals surface area contributed by atoms with Crippen molar-refractivity contribution in [2.75, 3.05) is 35.8 Å². The van der Waals surface area contributed by atoms with Gasteiger partial charge in [0.2, 0.25) is 17.7 Å². The third kappa shape index (κ3) is 26.6. The number of esters is 2. The van der Waals surface area contributed by atoms with Gasteiger partial charge in [0.15, 0.2) is 0 Å². The van der Waals surface area contributed by atoms with Gasteiger partial charge in [0.25, 0.3) is 5.69 Å². The molecule has 0 bridgehead atoms. The molecule has 3 aliphatic rings. The third-order valence-corrected chi connectivity index (χ3v) is 13.1. The van der Waals surface area contributed by atoms with E-state index in [1.807, 2.05) is 60.7 Å². The molecule has 0 aromatic heterocycles. The number of aliphatic hydroxyl groups excluding tert-OH is 1. The number of rotatable bonds is 21. The number of carbonyl (C=O) groups excluding carboxylic acids is 8. The van der Waals surface area contributed by atoms with Crippen LogP contribution in [-0.4, -0.2) is 99.0 Å². The normalized spacial score (nSPS) is 11.7. The standard InChI is InChI=1S/C13H15NO5.C13H16O3.C11H11NO2.C11H13NO.C10H11NO2.C10H10O4/c1-3-19-13(16)8-11-5-4-10(6-9(2)15)7-12(11)14(17)18;1-3-16-13(15)9-12-6-4-11(5-7-12)8-10(2)14;1-7(13)4-8-2-3-9-6-11(14)12-10(9)5-8;1-2-3-8-4-5-9-7-11(13)12-10(9)6-8;12-4-3-7-1-2-8-6-10(13)11-9(8)5-7;11-9(12)5-7-1-2-8(4-3-7)6-10(13)14/h4-5,7H,3,6,8H2,1-2H3;4-7H,3,8-9H2,1-2H3;2-3,5H,4,6H2,1H3,(H,12,14);4-6H,2-3,7H2,1H3,(H,12,13);1-2,5,12H,3-4,6H2,(H,11,13);1-4H,5-6H2,(H,11,12)(H,13,14). The summed E-state index contributed by atoms with van der Waals surface area (Å²) >= 11 is 0. The number of anilines is 3. The van der Waals surface area contributed by atoms with Crippen LogP contribution in [0.3, 0.4) is 0 Å². The van der Waals surface area contributed by atoms with Crippen LogP contribution in [0.1, 0.15) is 115 Å². The number of carboxylic acids is 2. The summed E-state index contributed by atoms with van der Waals surface area (Å²) in [5, 5.41) is 45.1. The van der Waals surface area contributed by atoms with E-state index in [0.29, 0.717) is 61.8 Å². The molecule has 3 heterocycles. The predicted octanol–water partition coefficient (Wildman–Crippen LogP) is 8.86. The Morgan fingerprint density at radius 1 is 0.449 bits per heavy atom. The smallest absolute Gasteiger partial charge is 0.310 e. The lowest BCUT2D eigenvalue weighted by molar-refractivity contribution is -0.385. The molecule has 89 heavy (non-hydrogen) atoms. The molecule has 0 radical (unpaired) electrons. The summed E-state index contributed by atoms with van der Waals surface area (Å²) in [6, 6.07) is 36.2. The first-order valence-electron chi connectivity index (χ1n) is 28.9. The number of nitro benzene ring substituents is 1. The zero-order valence-corrected chi connectivity index (χ0v) is 50.9. The second-order valence-electron chi connectivity index (χ2n) is 21.0. The first kappa shape index (κ1) is 71.5. The number of carboxylic acid groups (broad SMARTS) is 2. The first-order chi connectivity index (χ1) is 42.4. The number of ketones is 3. The summed E-state index contributed by atoms with van der Waals surface area (Å²) in [5.41, 5.74) is 13.2. The minimum Gasteiger partial charge on any atom is -0.481 e. The van der Waals surface area contributed by atoms with E-state index in [1.165, 1.54) is 24.6 Å². The number of nitro groups is 1. The Hall–Kier alpha value is -10.0. The van der Waals surface area contributed by atoms with Gasteiger partial charge in [0.1, 0.15) is 17.3 Å². The summed E-state index contributed by atoms with van der Waals surface area (Å²) < 4.78 is 9.61. The molecule has 6 N–H and O–H groups in total. The molecule has 0 spiro atoms. The van der Waals surface area contributed by atoms with Gasteiger partial charge in [0.05, 0.1) is 63.1 Å². The average Bonchev–Trinajstić information content (AvgIpc) is 3.84. The topological polar surface area (TPSA) is 329 Å². The minimum absolute atomic E-state index is 0.0278. The second-order valence-corrected chi connectivity index (χ2v) is 21.0. The van der Waals surface area contributed by atoms with Gasteiger partial charge in [-0.15, -0.1) is 0 Å². The van der Waals surface area contributed by atoms with Crippen molar-refractivity contribution < 1.29 is 77.7 Å². The van der Waals surface area contributed by atoms with Crippen molar-refractivity contribution in [3.8, 4) is 0 Å². The van der Waals surface area contributed by atoms with E-state index >= 15 is 0 Å². The van der Waals surface area contributed by atoms with E-state index in [0.717, 1.165) is 68.8 Å². The van der Waals surface area contributed by atoms with Crippen molar-refractivity contribution in [1.82, 2.24) is 0 Å². The van der Waals surface area contributed by atoms with Crippen LogP contribution in [0.15, 0.2) is 121 Å². The lowest BCUT2D eigenvalue weighted by Gasteiger charge is -2.05. The molecule has 3 amide bonds. The lowest BCUT2D eigenvalue weighted by atomic mass is 10.0. The number of hydrogen-bond donors (Lipinski definition) is 6. The molecule has 21 heteroatoms. The molecule has 0 fully saturated rings. The maximum atomic E-state index is 11.4. The van der Waals surface area contributed by atoms with Crippen LogP contribution in [0.2, 0.25) is 0 Å². The Morgan fingerprint density at radius 2 is 0.775 bits per heavy atom. The number of nitrogens with one attached hydrogen (secondary N) is 3. The Kier molecular flexibility index (Phi) is 29.6. The van der Waals surface area contributed by atoms with Crippen LogP contribution < -0.4 is 16.0 Å². The lowest BCUT2D eigenvalue weighted by Crippen LogP contribution is -2.09. The van der Waals surface area contributed by atoms with Crippen LogP contribution >= 0.6 is 0 Å². The number of nitrogens with zero attached hydrogens (tertiary/aromatic N) is 1. The fraction of sp³-hybridized carbons (Fsp3) is 0.324. The quantitative estimate of drug-likeness (QED) is 0.0222. The van der Waals surface area contributed by atoms with Crippen molar-refractivity contribution >= 4 is 81.7 Å². The molecule has 0 aliphatic carbocycles. The molecule has 3 aliphatic heterocycles. The number of ether oxygens (including phenoxy) is 2. The van der Waals surface area contributed by atoms with E-state index in [2.05, 4.69) is 41.1 Å². The van der Waals surface area contributed by atoms with Gasteiger partial charge >= 0.3 is 23.9 Å². The van der Waals surface area contributed by atoms with E-state index in [9.17, 15) is 58.1 Å². The maximum absolute atomic E-state index is 11.4. The predicted molar refractivity (Wildman–Crippen MR) is 334 cm³/mol. The molecular formula is C68H76N4O17. The first-order valence-corrected chi connectivity index (χ1v) is 28.9. The number of aliphatic hydroxyl groups is 1. The second kappa shape index (κ2) is 36.9. The van der Waals surface area contributed by atoms with Crippen molar-refractivity contribution in [3.05, 3.63) is 198 Å². The van der Waals surface area contributed by atoms with Crippen molar-refractivity contribution in [2.24, 2.45) is 0 Å². The van der Waals surface area contributed by atoms with Crippen LogP contribution in [0.25, 0.3) is 0 Å².